The van der Waals surface area contributed by atoms with Gasteiger partial charge in [0.1, 0.15) is 5.82 Å². The van der Waals surface area contributed by atoms with Crippen molar-refractivity contribution in [2.45, 2.75) is 46.2 Å². The summed E-state index contributed by atoms with van der Waals surface area (Å²) in [5.41, 5.74) is 1.32. The lowest BCUT2D eigenvalue weighted by Crippen LogP contribution is -2.36. The SMILES string of the molecule is CC1CCCN(c2ncccc2CNC(C)C)C1. The maximum Gasteiger partial charge on any atom is 0.133 e. The second-order valence-electron chi connectivity index (χ2n) is 5.72. The first-order chi connectivity index (χ1) is 8.66. The Morgan fingerprint density at radius 1 is 1.50 bits per heavy atom. The Morgan fingerprint density at radius 3 is 3.06 bits per heavy atom. The van der Waals surface area contributed by atoms with Gasteiger partial charge in [0.05, 0.1) is 0 Å². The van der Waals surface area contributed by atoms with Crippen LogP contribution in [0.2, 0.25) is 0 Å². The van der Waals surface area contributed by atoms with E-state index in [9.17, 15) is 0 Å². The summed E-state index contributed by atoms with van der Waals surface area (Å²) >= 11 is 0. The number of rotatable bonds is 4. The van der Waals surface area contributed by atoms with Crippen LogP contribution in [0, 0.1) is 5.92 Å². The van der Waals surface area contributed by atoms with Crippen LogP contribution in [0.4, 0.5) is 5.82 Å². The highest BCUT2D eigenvalue weighted by Gasteiger charge is 2.19. The Morgan fingerprint density at radius 2 is 2.33 bits per heavy atom. The van der Waals surface area contributed by atoms with E-state index in [0.717, 1.165) is 25.6 Å². The summed E-state index contributed by atoms with van der Waals surface area (Å²) in [7, 11) is 0. The van der Waals surface area contributed by atoms with Crippen LogP contribution in [0.3, 0.4) is 0 Å². The number of anilines is 1. The van der Waals surface area contributed by atoms with Crippen LogP contribution in [0.5, 0.6) is 0 Å². The maximum atomic E-state index is 4.60. The number of nitrogens with zero attached hydrogens (tertiary/aromatic N) is 2. The summed E-state index contributed by atoms with van der Waals surface area (Å²) < 4.78 is 0. The third-order valence-corrected chi connectivity index (χ3v) is 3.52. The third-order valence-electron chi connectivity index (χ3n) is 3.52. The molecule has 1 aliphatic rings. The number of piperidine rings is 1. The van der Waals surface area contributed by atoms with Crippen molar-refractivity contribution < 1.29 is 0 Å². The fraction of sp³-hybridized carbons (Fsp3) is 0.667. The van der Waals surface area contributed by atoms with Gasteiger partial charge in [0.25, 0.3) is 0 Å². The lowest BCUT2D eigenvalue weighted by molar-refractivity contribution is 0.443. The first-order valence-corrected chi connectivity index (χ1v) is 7.09. The molecule has 1 aliphatic heterocycles. The molecule has 1 aromatic heterocycles. The van der Waals surface area contributed by atoms with Crippen LogP contribution in [-0.4, -0.2) is 24.1 Å². The molecule has 0 spiro atoms. The molecule has 1 N–H and O–H groups in total. The molecule has 0 saturated carbocycles. The molecule has 3 heteroatoms. The Kier molecular flexibility index (Phi) is 4.59. The lowest BCUT2D eigenvalue weighted by atomic mass is 10.00. The standard InChI is InChI=1S/C15H25N3/c1-12(2)17-10-14-7-4-8-16-15(14)18-9-5-6-13(3)11-18/h4,7-8,12-13,17H,5-6,9-11H2,1-3H3. The fourth-order valence-electron chi connectivity index (χ4n) is 2.55. The highest BCUT2D eigenvalue weighted by Crippen LogP contribution is 2.24. The Hall–Kier alpha value is -1.09. The van der Waals surface area contributed by atoms with Crippen LogP contribution in [0.25, 0.3) is 0 Å². The largest absolute Gasteiger partial charge is 0.356 e. The molecular formula is C15H25N3. The van der Waals surface area contributed by atoms with Crippen LogP contribution in [0.15, 0.2) is 18.3 Å². The van der Waals surface area contributed by atoms with E-state index in [1.165, 1.54) is 24.2 Å². The monoisotopic (exact) mass is 247 g/mol. The van der Waals surface area contributed by atoms with Gasteiger partial charge in [-0.05, 0) is 24.8 Å². The molecule has 0 amide bonds. The van der Waals surface area contributed by atoms with Crippen LogP contribution in [-0.2, 0) is 6.54 Å². The summed E-state index contributed by atoms with van der Waals surface area (Å²) in [5.74, 6) is 1.96. The first-order valence-electron chi connectivity index (χ1n) is 7.09. The molecule has 1 unspecified atom stereocenters. The number of pyridine rings is 1. The quantitative estimate of drug-likeness (QED) is 0.887. The molecule has 1 aromatic rings. The summed E-state index contributed by atoms with van der Waals surface area (Å²) in [4.78, 5) is 7.05. The van der Waals surface area contributed by atoms with Gasteiger partial charge in [-0.25, -0.2) is 4.98 Å². The molecule has 100 valence electrons. The normalized spacial score (nSPS) is 20.4. The van der Waals surface area contributed by atoms with Gasteiger partial charge in [0, 0.05) is 37.4 Å². The van der Waals surface area contributed by atoms with Crippen molar-refractivity contribution in [3.63, 3.8) is 0 Å². The highest BCUT2D eigenvalue weighted by atomic mass is 15.2. The number of nitrogens with one attached hydrogen (secondary N) is 1. The van der Waals surface area contributed by atoms with Crippen molar-refractivity contribution in [3.8, 4) is 0 Å². The molecule has 0 aliphatic carbocycles. The molecule has 1 atom stereocenters. The predicted octanol–water partition coefficient (Wildman–Crippen LogP) is 2.82. The van der Waals surface area contributed by atoms with Crippen LogP contribution in [0.1, 0.15) is 39.2 Å². The van der Waals surface area contributed by atoms with E-state index < -0.39 is 0 Å². The average Bonchev–Trinajstić information content (AvgIpc) is 2.36. The van der Waals surface area contributed by atoms with Gasteiger partial charge < -0.3 is 10.2 Å². The smallest absolute Gasteiger partial charge is 0.133 e. The summed E-state index contributed by atoms with van der Waals surface area (Å²) in [6.45, 7) is 9.90. The minimum Gasteiger partial charge on any atom is -0.356 e. The van der Waals surface area contributed by atoms with E-state index in [1.54, 1.807) is 0 Å². The first kappa shape index (κ1) is 13.3. The van der Waals surface area contributed by atoms with Gasteiger partial charge in [-0.15, -0.1) is 0 Å². The zero-order valence-corrected chi connectivity index (χ0v) is 11.8. The van der Waals surface area contributed by atoms with E-state index in [-0.39, 0.29) is 0 Å². The van der Waals surface area contributed by atoms with Gasteiger partial charge in [-0.1, -0.05) is 26.8 Å². The lowest BCUT2D eigenvalue weighted by Gasteiger charge is -2.33. The second-order valence-corrected chi connectivity index (χ2v) is 5.72. The maximum absolute atomic E-state index is 4.60. The van der Waals surface area contributed by atoms with Gasteiger partial charge in [0.2, 0.25) is 0 Å². The zero-order valence-electron chi connectivity index (χ0n) is 11.8. The van der Waals surface area contributed by atoms with Crippen LogP contribution < -0.4 is 10.2 Å². The van der Waals surface area contributed by atoms with Gasteiger partial charge >= 0.3 is 0 Å². The van der Waals surface area contributed by atoms with Crippen molar-refractivity contribution in [2.75, 3.05) is 18.0 Å². The molecule has 0 aromatic carbocycles. The van der Waals surface area contributed by atoms with Crippen molar-refractivity contribution in [3.05, 3.63) is 23.9 Å². The molecule has 2 heterocycles. The van der Waals surface area contributed by atoms with E-state index in [0.29, 0.717) is 6.04 Å². The summed E-state index contributed by atoms with van der Waals surface area (Å²) in [5, 5.41) is 3.49. The van der Waals surface area contributed by atoms with E-state index in [4.69, 9.17) is 0 Å². The fourth-order valence-corrected chi connectivity index (χ4v) is 2.55. The Labute approximate surface area is 111 Å². The van der Waals surface area contributed by atoms with Gasteiger partial charge in [-0.3, -0.25) is 0 Å². The molecule has 18 heavy (non-hydrogen) atoms. The molecule has 0 radical (unpaired) electrons. The van der Waals surface area contributed by atoms with E-state index in [2.05, 4.69) is 42.0 Å². The predicted molar refractivity (Wildman–Crippen MR) is 76.8 cm³/mol. The summed E-state index contributed by atoms with van der Waals surface area (Å²) in [6.07, 6.45) is 4.55. The van der Waals surface area contributed by atoms with Crippen molar-refractivity contribution >= 4 is 5.82 Å². The Bertz CT molecular complexity index is 376. The molecule has 3 nitrogen and oxygen atoms in total. The van der Waals surface area contributed by atoms with E-state index >= 15 is 0 Å². The topological polar surface area (TPSA) is 28.2 Å². The van der Waals surface area contributed by atoms with Gasteiger partial charge in [-0.2, -0.15) is 0 Å². The molecule has 2 rings (SSSR count). The van der Waals surface area contributed by atoms with E-state index in [1.807, 2.05) is 12.3 Å². The molecule has 1 fully saturated rings. The summed E-state index contributed by atoms with van der Waals surface area (Å²) in [6, 6.07) is 4.74. The Balaban J connectivity index is 2.10. The number of hydrogen-bond acceptors (Lipinski definition) is 3. The minimum atomic E-state index is 0.512. The zero-order chi connectivity index (χ0) is 13.0. The molecule has 1 saturated heterocycles. The second kappa shape index (κ2) is 6.19. The van der Waals surface area contributed by atoms with Gasteiger partial charge in [0.15, 0.2) is 0 Å². The number of hydrogen-bond donors (Lipinski definition) is 1. The third kappa shape index (κ3) is 3.45. The van der Waals surface area contributed by atoms with Crippen molar-refractivity contribution in [1.29, 1.82) is 0 Å². The molecular weight excluding hydrogens is 222 g/mol. The minimum absolute atomic E-state index is 0.512. The van der Waals surface area contributed by atoms with Crippen LogP contribution >= 0.6 is 0 Å². The molecule has 0 bridgehead atoms. The van der Waals surface area contributed by atoms with Crippen molar-refractivity contribution in [1.82, 2.24) is 10.3 Å². The number of aromatic nitrogens is 1. The average molecular weight is 247 g/mol. The van der Waals surface area contributed by atoms with Crippen molar-refractivity contribution in [2.24, 2.45) is 5.92 Å². The highest BCUT2D eigenvalue weighted by molar-refractivity contribution is 5.47.